The smallest absolute Gasteiger partial charge is 0.163 e. The number of fused-ring (bicyclic) bond motifs is 1. The van der Waals surface area contributed by atoms with Gasteiger partial charge in [0.15, 0.2) is 5.78 Å². The van der Waals surface area contributed by atoms with Crippen molar-refractivity contribution in [3.63, 3.8) is 0 Å². The molecule has 4 nitrogen and oxygen atoms in total. The number of allylic oxidation sites excluding steroid dienone is 3. The fraction of sp³-hybridized carbons (Fsp3) is 0.741. The minimum atomic E-state index is -1.24. The zero-order chi connectivity index (χ0) is 23.0. The van der Waals surface area contributed by atoms with Crippen LogP contribution in [0.3, 0.4) is 0 Å². The van der Waals surface area contributed by atoms with Crippen molar-refractivity contribution in [3.05, 3.63) is 35.5 Å². The second-order valence-corrected chi connectivity index (χ2v) is 11.2. The molecule has 3 N–H and O–H groups in total. The molecular formula is C27H42O4. The maximum atomic E-state index is 12.2. The molecule has 0 heterocycles. The van der Waals surface area contributed by atoms with Gasteiger partial charge in [-0.25, -0.2) is 0 Å². The van der Waals surface area contributed by atoms with Gasteiger partial charge in [-0.05, 0) is 93.1 Å². The highest BCUT2D eigenvalue weighted by molar-refractivity contribution is 5.86. The molecule has 0 aliphatic heterocycles. The van der Waals surface area contributed by atoms with Gasteiger partial charge >= 0.3 is 0 Å². The van der Waals surface area contributed by atoms with Crippen molar-refractivity contribution in [3.8, 4) is 0 Å². The van der Waals surface area contributed by atoms with Crippen molar-refractivity contribution in [1.29, 1.82) is 0 Å². The zero-order valence-electron chi connectivity index (χ0n) is 19.9. The fourth-order valence-electron chi connectivity index (χ4n) is 6.55. The standard InChI is InChI=1S/C27H42O4/c1-17(8-13-25(30)26(3,4)31)22-11-12-23-19(7-6-14-27(22,23)5)9-10-20-15-21(28)16-24(29)18(20)2/h9-10,17,21-24,28-29,31H,2,6-8,11-16H2,1,3-5H3/b19-9+,20-10-/t17-,21+,22+,23-,24?,27+/m0/s1. The molecule has 4 heteroatoms. The number of carbonyl (C=O) groups is 1. The van der Waals surface area contributed by atoms with E-state index >= 15 is 0 Å². The van der Waals surface area contributed by atoms with Gasteiger partial charge in [-0.2, -0.15) is 0 Å². The van der Waals surface area contributed by atoms with Gasteiger partial charge in [0.2, 0.25) is 0 Å². The number of hydrogen-bond acceptors (Lipinski definition) is 4. The van der Waals surface area contributed by atoms with Crippen molar-refractivity contribution < 1.29 is 20.1 Å². The van der Waals surface area contributed by atoms with Crippen LogP contribution in [0.4, 0.5) is 0 Å². The molecule has 6 atom stereocenters. The Morgan fingerprint density at radius 1 is 1.29 bits per heavy atom. The van der Waals surface area contributed by atoms with Crippen LogP contribution in [0.15, 0.2) is 35.5 Å². The molecule has 0 spiro atoms. The second kappa shape index (κ2) is 9.33. The summed E-state index contributed by atoms with van der Waals surface area (Å²) in [6.45, 7) is 11.9. The average Bonchev–Trinajstić information content (AvgIpc) is 3.04. The van der Waals surface area contributed by atoms with E-state index < -0.39 is 17.8 Å². The zero-order valence-corrected chi connectivity index (χ0v) is 19.9. The summed E-state index contributed by atoms with van der Waals surface area (Å²) >= 11 is 0. The van der Waals surface area contributed by atoms with E-state index in [1.165, 1.54) is 31.3 Å². The molecule has 31 heavy (non-hydrogen) atoms. The number of aliphatic hydroxyl groups is 3. The molecule has 0 radical (unpaired) electrons. The Balaban J connectivity index is 1.72. The number of Topliss-reactive ketones (excluding diaryl/α,β-unsaturated/α-hetero) is 1. The lowest BCUT2D eigenvalue weighted by Crippen LogP contribution is -2.36. The summed E-state index contributed by atoms with van der Waals surface area (Å²) in [6.07, 6.45) is 11.3. The van der Waals surface area contributed by atoms with Crippen molar-refractivity contribution in [2.75, 3.05) is 0 Å². The molecule has 3 aliphatic rings. The summed E-state index contributed by atoms with van der Waals surface area (Å²) in [5.74, 6) is 1.55. The maximum Gasteiger partial charge on any atom is 0.163 e. The van der Waals surface area contributed by atoms with E-state index in [0.717, 1.165) is 24.0 Å². The first kappa shape index (κ1) is 24.4. The quantitative estimate of drug-likeness (QED) is 0.561. The lowest BCUT2D eigenvalue weighted by Gasteiger charge is -2.44. The Hall–Kier alpha value is -1.23. The van der Waals surface area contributed by atoms with E-state index in [4.69, 9.17) is 0 Å². The van der Waals surface area contributed by atoms with Crippen LogP contribution in [0, 0.1) is 23.2 Å². The molecule has 0 saturated heterocycles. The predicted molar refractivity (Wildman–Crippen MR) is 124 cm³/mol. The van der Waals surface area contributed by atoms with Crippen molar-refractivity contribution in [2.45, 2.75) is 103 Å². The molecular weight excluding hydrogens is 388 g/mol. The Morgan fingerprint density at radius 2 is 2.00 bits per heavy atom. The third kappa shape index (κ3) is 5.23. The topological polar surface area (TPSA) is 77.8 Å². The van der Waals surface area contributed by atoms with Crippen LogP contribution in [-0.2, 0) is 4.79 Å². The average molecular weight is 431 g/mol. The number of carbonyl (C=O) groups excluding carboxylic acids is 1. The minimum absolute atomic E-state index is 0.0630. The van der Waals surface area contributed by atoms with E-state index in [-0.39, 0.29) is 11.2 Å². The summed E-state index contributed by atoms with van der Waals surface area (Å²) in [5.41, 5.74) is 2.23. The van der Waals surface area contributed by atoms with E-state index in [9.17, 15) is 20.1 Å². The molecule has 174 valence electrons. The summed E-state index contributed by atoms with van der Waals surface area (Å²) in [6, 6.07) is 0. The third-order valence-electron chi connectivity index (χ3n) is 8.50. The van der Waals surface area contributed by atoms with E-state index in [0.29, 0.717) is 37.0 Å². The molecule has 3 saturated carbocycles. The molecule has 1 unspecified atom stereocenters. The molecule has 3 aliphatic carbocycles. The van der Waals surface area contributed by atoms with E-state index in [1.54, 1.807) is 13.8 Å². The Kier molecular flexibility index (Phi) is 7.35. The normalized spacial score (nSPS) is 37.8. The highest BCUT2D eigenvalue weighted by Gasteiger charge is 2.50. The van der Waals surface area contributed by atoms with Crippen LogP contribution in [-0.4, -0.2) is 38.9 Å². The third-order valence-corrected chi connectivity index (χ3v) is 8.50. The molecule has 0 aromatic carbocycles. The highest BCUT2D eigenvalue weighted by Crippen LogP contribution is 2.59. The summed E-state index contributed by atoms with van der Waals surface area (Å²) < 4.78 is 0. The molecule has 3 rings (SSSR count). The van der Waals surface area contributed by atoms with Crippen LogP contribution in [0.5, 0.6) is 0 Å². The van der Waals surface area contributed by atoms with Gasteiger partial charge in [0, 0.05) is 12.8 Å². The van der Waals surface area contributed by atoms with Gasteiger partial charge in [0.25, 0.3) is 0 Å². The highest BCUT2D eigenvalue weighted by atomic mass is 16.3. The number of ketones is 1. The second-order valence-electron chi connectivity index (χ2n) is 11.2. The summed E-state index contributed by atoms with van der Waals surface area (Å²) in [5, 5.41) is 30.1. The molecule has 3 fully saturated rings. The van der Waals surface area contributed by atoms with Gasteiger partial charge < -0.3 is 15.3 Å². The maximum absolute atomic E-state index is 12.2. The number of aliphatic hydroxyl groups excluding tert-OH is 2. The fourth-order valence-corrected chi connectivity index (χ4v) is 6.55. The van der Waals surface area contributed by atoms with Crippen LogP contribution in [0.2, 0.25) is 0 Å². The molecule has 0 amide bonds. The largest absolute Gasteiger partial charge is 0.393 e. The van der Waals surface area contributed by atoms with Gasteiger partial charge in [0.05, 0.1) is 12.2 Å². The molecule has 0 aromatic heterocycles. The number of rotatable bonds is 6. The Labute approximate surface area is 188 Å². The lowest BCUT2D eigenvalue weighted by molar-refractivity contribution is -0.134. The first-order chi connectivity index (χ1) is 14.4. The Morgan fingerprint density at radius 3 is 2.68 bits per heavy atom. The minimum Gasteiger partial charge on any atom is -0.393 e. The first-order valence-electron chi connectivity index (χ1n) is 12.1. The van der Waals surface area contributed by atoms with Gasteiger partial charge in [0.1, 0.15) is 5.60 Å². The summed E-state index contributed by atoms with van der Waals surface area (Å²) in [7, 11) is 0. The van der Waals surface area contributed by atoms with Crippen molar-refractivity contribution >= 4 is 5.78 Å². The van der Waals surface area contributed by atoms with Gasteiger partial charge in [-0.1, -0.05) is 38.2 Å². The van der Waals surface area contributed by atoms with Crippen LogP contribution in [0.25, 0.3) is 0 Å². The predicted octanol–water partition coefficient (Wildman–Crippen LogP) is 4.88. The number of hydrogen-bond donors (Lipinski definition) is 3. The van der Waals surface area contributed by atoms with Crippen molar-refractivity contribution in [1.82, 2.24) is 0 Å². The van der Waals surface area contributed by atoms with E-state index in [1.807, 2.05) is 0 Å². The lowest BCUT2D eigenvalue weighted by atomic mass is 9.60. The van der Waals surface area contributed by atoms with Gasteiger partial charge in [-0.15, -0.1) is 0 Å². The SMILES string of the molecule is C=C1/C(=C\C=C2/CCC[C@]3(C)[C@@H]([C@@H](C)CCC(=O)C(C)(C)O)CC[C@@H]23)C[C@@H](O)CC1O. The van der Waals surface area contributed by atoms with Crippen molar-refractivity contribution in [2.24, 2.45) is 23.2 Å². The van der Waals surface area contributed by atoms with Crippen LogP contribution >= 0.6 is 0 Å². The molecule has 0 bridgehead atoms. The van der Waals surface area contributed by atoms with Crippen LogP contribution < -0.4 is 0 Å². The monoisotopic (exact) mass is 430 g/mol. The van der Waals surface area contributed by atoms with E-state index in [2.05, 4.69) is 32.6 Å². The van der Waals surface area contributed by atoms with Crippen LogP contribution in [0.1, 0.15) is 85.5 Å². The molecule has 0 aromatic rings. The van der Waals surface area contributed by atoms with Gasteiger partial charge in [-0.3, -0.25) is 4.79 Å². The summed E-state index contributed by atoms with van der Waals surface area (Å²) in [4.78, 5) is 12.2. The first-order valence-corrected chi connectivity index (χ1v) is 12.1. The Bertz CT molecular complexity index is 756.